The third kappa shape index (κ3) is 2.93. The molecule has 0 aliphatic rings. The Morgan fingerprint density at radius 3 is 2.74 bits per heavy atom. The lowest BCUT2D eigenvalue weighted by Crippen LogP contribution is -2.27. The number of H-pyrrole nitrogens is 1. The number of aromatic nitrogens is 1. The first-order valence-corrected chi connectivity index (χ1v) is 5.98. The van der Waals surface area contributed by atoms with Crippen molar-refractivity contribution in [1.29, 1.82) is 0 Å². The Kier molecular flexibility index (Phi) is 3.55. The second-order valence-corrected chi connectivity index (χ2v) is 4.55. The Morgan fingerprint density at radius 2 is 2.16 bits per heavy atom. The van der Waals surface area contributed by atoms with E-state index in [1.165, 1.54) is 6.07 Å². The van der Waals surface area contributed by atoms with Crippen molar-refractivity contribution in [3.05, 3.63) is 53.1 Å². The average Bonchev–Trinajstić information content (AvgIpc) is 2.79. The number of carbonyl (C=O) groups is 1. The third-order valence-corrected chi connectivity index (χ3v) is 2.99. The summed E-state index contributed by atoms with van der Waals surface area (Å²) in [7, 11) is 0. The summed E-state index contributed by atoms with van der Waals surface area (Å²) in [6.07, 6.45) is 1.55. The summed E-state index contributed by atoms with van der Waals surface area (Å²) in [6.45, 7) is 3.50. The number of nitrogens with two attached hydrogens (primary N) is 1. The first kappa shape index (κ1) is 13.1. The predicted molar refractivity (Wildman–Crippen MR) is 72.2 cm³/mol. The van der Waals surface area contributed by atoms with Gasteiger partial charge in [0, 0.05) is 11.9 Å². The summed E-state index contributed by atoms with van der Waals surface area (Å²) in [6, 6.07) is 6.19. The number of nitrogens with one attached hydrogen (secondary N) is 2. The standard InChI is InChI=1S/C14H16FN3O/c1-8-3-4-10(5-12(8)15)9(2)18-14(19)13-6-11(16)7-17-13/h3-7,9,17H,16H2,1-2H3,(H,18,19). The molecule has 4 N–H and O–H groups in total. The maximum atomic E-state index is 13.5. The second kappa shape index (κ2) is 5.14. The van der Waals surface area contributed by atoms with Crippen LogP contribution in [0.5, 0.6) is 0 Å². The van der Waals surface area contributed by atoms with E-state index in [2.05, 4.69) is 10.3 Å². The summed E-state index contributed by atoms with van der Waals surface area (Å²) in [5, 5.41) is 2.78. The van der Waals surface area contributed by atoms with Gasteiger partial charge in [-0.25, -0.2) is 4.39 Å². The number of carbonyl (C=O) groups excluding carboxylic acids is 1. The van der Waals surface area contributed by atoms with Gasteiger partial charge < -0.3 is 16.0 Å². The average molecular weight is 261 g/mol. The van der Waals surface area contributed by atoms with Gasteiger partial charge in [-0.05, 0) is 37.1 Å². The van der Waals surface area contributed by atoms with Crippen LogP contribution in [-0.4, -0.2) is 10.9 Å². The molecule has 1 unspecified atom stereocenters. The zero-order chi connectivity index (χ0) is 14.0. The Morgan fingerprint density at radius 1 is 1.42 bits per heavy atom. The zero-order valence-corrected chi connectivity index (χ0v) is 10.8. The van der Waals surface area contributed by atoms with Crippen LogP contribution in [0.2, 0.25) is 0 Å². The number of anilines is 1. The van der Waals surface area contributed by atoms with Crippen LogP contribution >= 0.6 is 0 Å². The fourth-order valence-electron chi connectivity index (χ4n) is 1.78. The van der Waals surface area contributed by atoms with Crippen molar-refractivity contribution in [2.45, 2.75) is 19.9 Å². The monoisotopic (exact) mass is 261 g/mol. The van der Waals surface area contributed by atoms with Crippen molar-refractivity contribution in [3.63, 3.8) is 0 Å². The molecule has 5 heteroatoms. The maximum Gasteiger partial charge on any atom is 0.268 e. The summed E-state index contributed by atoms with van der Waals surface area (Å²) in [4.78, 5) is 14.7. The molecule has 2 rings (SSSR count). The van der Waals surface area contributed by atoms with Crippen molar-refractivity contribution in [1.82, 2.24) is 10.3 Å². The summed E-state index contributed by atoms with van der Waals surface area (Å²) < 4.78 is 13.5. The van der Waals surface area contributed by atoms with Crippen LogP contribution in [0.4, 0.5) is 10.1 Å². The van der Waals surface area contributed by atoms with Crippen LogP contribution in [0.15, 0.2) is 30.5 Å². The van der Waals surface area contributed by atoms with Gasteiger partial charge in [0.05, 0.1) is 6.04 Å². The molecule has 19 heavy (non-hydrogen) atoms. The Labute approximate surface area is 110 Å². The quantitative estimate of drug-likeness (QED) is 0.794. The van der Waals surface area contributed by atoms with E-state index in [9.17, 15) is 9.18 Å². The molecule has 0 fully saturated rings. The number of amides is 1. The topological polar surface area (TPSA) is 70.9 Å². The number of hydrogen-bond acceptors (Lipinski definition) is 2. The fourth-order valence-corrected chi connectivity index (χ4v) is 1.78. The zero-order valence-electron chi connectivity index (χ0n) is 10.8. The van der Waals surface area contributed by atoms with Crippen LogP contribution in [-0.2, 0) is 0 Å². The molecule has 2 aromatic rings. The van der Waals surface area contributed by atoms with Gasteiger partial charge in [-0.15, -0.1) is 0 Å². The predicted octanol–water partition coefficient (Wildman–Crippen LogP) is 2.54. The molecule has 1 heterocycles. The maximum absolute atomic E-state index is 13.5. The van der Waals surface area contributed by atoms with Gasteiger partial charge in [0.15, 0.2) is 0 Å². The number of benzene rings is 1. The van der Waals surface area contributed by atoms with Crippen LogP contribution in [0, 0.1) is 12.7 Å². The number of hydrogen-bond donors (Lipinski definition) is 3. The Hall–Kier alpha value is -2.30. The number of aryl methyl sites for hydroxylation is 1. The first-order valence-electron chi connectivity index (χ1n) is 5.98. The number of aromatic amines is 1. The highest BCUT2D eigenvalue weighted by molar-refractivity contribution is 5.93. The van der Waals surface area contributed by atoms with E-state index in [0.717, 1.165) is 5.56 Å². The highest BCUT2D eigenvalue weighted by Crippen LogP contribution is 2.17. The molecule has 0 aliphatic heterocycles. The molecular weight excluding hydrogens is 245 g/mol. The van der Waals surface area contributed by atoms with Gasteiger partial charge in [0.2, 0.25) is 0 Å². The lowest BCUT2D eigenvalue weighted by Gasteiger charge is -2.14. The minimum absolute atomic E-state index is 0.273. The molecule has 0 aliphatic carbocycles. The molecular formula is C14H16FN3O. The van der Waals surface area contributed by atoms with E-state index in [-0.39, 0.29) is 17.8 Å². The van der Waals surface area contributed by atoms with Crippen LogP contribution < -0.4 is 11.1 Å². The Bertz CT molecular complexity index is 606. The molecule has 1 amide bonds. The lowest BCUT2D eigenvalue weighted by atomic mass is 10.1. The van der Waals surface area contributed by atoms with Gasteiger partial charge in [-0.2, -0.15) is 0 Å². The van der Waals surface area contributed by atoms with Gasteiger partial charge in [-0.1, -0.05) is 12.1 Å². The minimum Gasteiger partial charge on any atom is -0.397 e. The molecule has 0 spiro atoms. The van der Waals surface area contributed by atoms with Gasteiger partial charge in [-0.3, -0.25) is 4.79 Å². The number of rotatable bonds is 3. The molecule has 1 aromatic carbocycles. The summed E-state index contributed by atoms with van der Waals surface area (Å²) in [5.41, 5.74) is 7.72. The van der Waals surface area contributed by atoms with E-state index in [1.54, 1.807) is 38.2 Å². The number of halogens is 1. The smallest absolute Gasteiger partial charge is 0.268 e. The molecule has 0 saturated carbocycles. The van der Waals surface area contributed by atoms with Crippen molar-refractivity contribution >= 4 is 11.6 Å². The van der Waals surface area contributed by atoms with Crippen molar-refractivity contribution in [2.75, 3.05) is 5.73 Å². The highest BCUT2D eigenvalue weighted by atomic mass is 19.1. The fraction of sp³-hybridized carbons (Fsp3) is 0.214. The van der Waals surface area contributed by atoms with Crippen molar-refractivity contribution in [2.24, 2.45) is 0 Å². The van der Waals surface area contributed by atoms with E-state index in [0.29, 0.717) is 16.9 Å². The van der Waals surface area contributed by atoms with Gasteiger partial charge >= 0.3 is 0 Å². The SMILES string of the molecule is Cc1ccc(C(C)NC(=O)c2cc(N)c[nH]2)cc1F. The molecule has 1 atom stereocenters. The third-order valence-electron chi connectivity index (χ3n) is 2.99. The normalized spacial score (nSPS) is 12.2. The Balaban J connectivity index is 2.10. The van der Waals surface area contributed by atoms with Crippen LogP contribution in [0.3, 0.4) is 0 Å². The second-order valence-electron chi connectivity index (χ2n) is 4.55. The van der Waals surface area contributed by atoms with E-state index in [4.69, 9.17) is 5.73 Å². The van der Waals surface area contributed by atoms with E-state index in [1.807, 2.05) is 0 Å². The lowest BCUT2D eigenvalue weighted by molar-refractivity contribution is 0.0935. The minimum atomic E-state index is -0.285. The first-order chi connectivity index (χ1) is 8.97. The van der Waals surface area contributed by atoms with Gasteiger partial charge in [0.25, 0.3) is 5.91 Å². The number of nitrogen functional groups attached to an aromatic ring is 1. The summed E-state index contributed by atoms with van der Waals surface area (Å²) in [5.74, 6) is -0.548. The van der Waals surface area contributed by atoms with E-state index >= 15 is 0 Å². The molecule has 4 nitrogen and oxygen atoms in total. The summed E-state index contributed by atoms with van der Waals surface area (Å²) >= 11 is 0. The molecule has 0 saturated heterocycles. The molecule has 0 radical (unpaired) electrons. The molecule has 0 bridgehead atoms. The van der Waals surface area contributed by atoms with Crippen LogP contribution in [0.1, 0.15) is 34.6 Å². The molecule has 1 aromatic heterocycles. The van der Waals surface area contributed by atoms with Crippen molar-refractivity contribution in [3.8, 4) is 0 Å². The van der Waals surface area contributed by atoms with Gasteiger partial charge in [0.1, 0.15) is 11.5 Å². The largest absolute Gasteiger partial charge is 0.397 e. The van der Waals surface area contributed by atoms with Crippen molar-refractivity contribution < 1.29 is 9.18 Å². The molecule has 100 valence electrons. The van der Waals surface area contributed by atoms with E-state index < -0.39 is 0 Å². The van der Waals surface area contributed by atoms with Crippen LogP contribution in [0.25, 0.3) is 0 Å². The highest BCUT2D eigenvalue weighted by Gasteiger charge is 2.13.